The van der Waals surface area contributed by atoms with Crippen molar-refractivity contribution in [2.24, 2.45) is 0 Å². The number of anilines is 1. The molecule has 0 aliphatic carbocycles. The molecule has 0 unspecified atom stereocenters. The number of aromatic nitrogens is 1. The molecule has 0 bridgehead atoms. The zero-order chi connectivity index (χ0) is 14.4. The molecule has 0 aliphatic heterocycles. The molecule has 1 rings (SSSR count). The fraction of sp³-hybridized carbons (Fsp3) is 0.786. The Morgan fingerprint density at radius 1 is 1.21 bits per heavy atom. The molecule has 1 aromatic rings. The monoisotopic (exact) mass is 284 g/mol. The first kappa shape index (κ1) is 16.4. The molecule has 1 heterocycles. The summed E-state index contributed by atoms with van der Waals surface area (Å²) >= 11 is 1.82. The molecule has 5 heteroatoms. The van der Waals surface area contributed by atoms with Crippen molar-refractivity contribution in [2.75, 3.05) is 46.2 Å². The van der Waals surface area contributed by atoms with E-state index in [0.717, 1.165) is 24.8 Å². The Morgan fingerprint density at radius 2 is 1.89 bits per heavy atom. The number of thiazole rings is 1. The van der Waals surface area contributed by atoms with Gasteiger partial charge in [0, 0.05) is 25.0 Å². The van der Waals surface area contributed by atoms with Crippen LogP contribution in [-0.4, -0.2) is 51.2 Å². The lowest BCUT2D eigenvalue weighted by molar-refractivity contribution is 0.401. The maximum absolute atomic E-state index is 4.82. The van der Waals surface area contributed by atoms with Gasteiger partial charge >= 0.3 is 0 Å². The van der Waals surface area contributed by atoms with Gasteiger partial charge in [-0.1, -0.05) is 13.8 Å². The molecule has 0 saturated carbocycles. The van der Waals surface area contributed by atoms with Gasteiger partial charge in [-0.15, -0.1) is 11.3 Å². The quantitative estimate of drug-likeness (QED) is 0.794. The second kappa shape index (κ2) is 7.82. The third kappa shape index (κ3) is 5.09. The van der Waals surface area contributed by atoms with Gasteiger partial charge in [0.25, 0.3) is 0 Å². The van der Waals surface area contributed by atoms with E-state index in [4.69, 9.17) is 4.98 Å². The molecule has 0 amide bonds. The number of rotatable bonds is 8. The standard InChI is InChI=1S/C14H28N4S/c1-11(2)13-12(10-15-3)19-14(16-13)18(6)9-7-8-17(4)5/h11,15H,7-10H2,1-6H3. The molecule has 0 fully saturated rings. The van der Waals surface area contributed by atoms with E-state index in [1.807, 2.05) is 18.4 Å². The average Bonchev–Trinajstić information content (AvgIpc) is 2.73. The van der Waals surface area contributed by atoms with Crippen molar-refractivity contribution in [1.82, 2.24) is 15.2 Å². The fourth-order valence-corrected chi connectivity index (χ4v) is 3.19. The number of nitrogens with zero attached hydrogens (tertiary/aromatic N) is 3. The molecule has 0 aromatic carbocycles. The highest BCUT2D eigenvalue weighted by atomic mass is 32.1. The van der Waals surface area contributed by atoms with Crippen molar-refractivity contribution in [2.45, 2.75) is 32.7 Å². The second-order valence-electron chi connectivity index (χ2n) is 5.57. The zero-order valence-corrected chi connectivity index (χ0v) is 14.0. The molecule has 0 aliphatic rings. The zero-order valence-electron chi connectivity index (χ0n) is 13.2. The molecule has 4 nitrogen and oxygen atoms in total. The van der Waals surface area contributed by atoms with Crippen LogP contribution < -0.4 is 10.2 Å². The predicted molar refractivity (Wildman–Crippen MR) is 85.4 cm³/mol. The van der Waals surface area contributed by atoms with Gasteiger partial charge in [0.1, 0.15) is 0 Å². The Kier molecular flexibility index (Phi) is 6.75. The molecule has 0 spiro atoms. The fourth-order valence-electron chi connectivity index (χ4n) is 1.97. The van der Waals surface area contributed by atoms with Crippen LogP contribution in [0.5, 0.6) is 0 Å². The number of nitrogens with one attached hydrogen (secondary N) is 1. The smallest absolute Gasteiger partial charge is 0.185 e. The van der Waals surface area contributed by atoms with Gasteiger partial charge in [-0.2, -0.15) is 0 Å². The van der Waals surface area contributed by atoms with Crippen LogP contribution in [-0.2, 0) is 6.54 Å². The van der Waals surface area contributed by atoms with Crippen LogP contribution in [0.3, 0.4) is 0 Å². The van der Waals surface area contributed by atoms with Crippen LogP contribution >= 0.6 is 11.3 Å². The van der Waals surface area contributed by atoms with Gasteiger partial charge in [-0.3, -0.25) is 0 Å². The lowest BCUT2D eigenvalue weighted by Gasteiger charge is -2.17. The summed E-state index contributed by atoms with van der Waals surface area (Å²) in [4.78, 5) is 10.7. The second-order valence-corrected chi connectivity index (χ2v) is 6.63. The molecule has 0 saturated heterocycles. The minimum atomic E-state index is 0.489. The summed E-state index contributed by atoms with van der Waals surface area (Å²) in [6.07, 6.45) is 1.17. The molecule has 1 N–H and O–H groups in total. The first-order valence-electron chi connectivity index (χ1n) is 6.95. The summed E-state index contributed by atoms with van der Waals surface area (Å²) in [5.41, 5.74) is 1.24. The normalized spacial score (nSPS) is 11.6. The average molecular weight is 284 g/mol. The predicted octanol–water partition coefficient (Wildman–Crippen LogP) is 2.37. The SMILES string of the molecule is CNCc1sc(N(C)CCCN(C)C)nc1C(C)C. The minimum absolute atomic E-state index is 0.489. The third-order valence-electron chi connectivity index (χ3n) is 3.03. The van der Waals surface area contributed by atoms with Crippen LogP contribution in [0.4, 0.5) is 5.13 Å². The Bertz CT molecular complexity index is 374. The van der Waals surface area contributed by atoms with Gasteiger partial charge < -0.3 is 15.1 Å². The molecule has 0 radical (unpaired) electrons. The molecular formula is C14H28N4S. The van der Waals surface area contributed by atoms with E-state index in [1.165, 1.54) is 17.0 Å². The number of hydrogen-bond acceptors (Lipinski definition) is 5. The maximum atomic E-state index is 4.82. The molecule has 0 atom stereocenters. The highest BCUT2D eigenvalue weighted by Gasteiger charge is 2.15. The summed E-state index contributed by atoms with van der Waals surface area (Å²) in [6.45, 7) is 7.52. The summed E-state index contributed by atoms with van der Waals surface area (Å²) < 4.78 is 0. The highest BCUT2D eigenvalue weighted by Crippen LogP contribution is 2.30. The van der Waals surface area contributed by atoms with Gasteiger partial charge in [-0.05, 0) is 40.0 Å². The first-order chi connectivity index (χ1) is 8.95. The Balaban J connectivity index is 2.68. The highest BCUT2D eigenvalue weighted by molar-refractivity contribution is 7.15. The van der Waals surface area contributed by atoms with E-state index in [-0.39, 0.29) is 0 Å². The maximum Gasteiger partial charge on any atom is 0.185 e. The largest absolute Gasteiger partial charge is 0.351 e. The van der Waals surface area contributed by atoms with Crippen LogP contribution in [0.25, 0.3) is 0 Å². The lowest BCUT2D eigenvalue weighted by Crippen LogP contribution is -2.23. The van der Waals surface area contributed by atoms with E-state index in [1.54, 1.807) is 0 Å². The first-order valence-corrected chi connectivity index (χ1v) is 7.77. The summed E-state index contributed by atoms with van der Waals surface area (Å²) in [7, 11) is 8.36. The molecule has 110 valence electrons. The van der Waals surface area contributed by atoms with E-state index in [9.17, 15) is 0 Å². The lowest BCUT2D eigenvalue weighted by atomic mass is 10.1. The molecule has 19 heavy (non-hydrogen) atoms. The van der Waals surface area contributed by atoms with E-state index in [0.29, 0.717) is 5.92 Å². The van der Waals surface area contributed by atoms with Crippen molar-refractivity contribution in [1.29, 1.82) is 0 Å². The van der Waals surface area contributed by atoms with Crippen molar-refractivity contribution < 1.29 is 0 Å². The van der Waals surface area contributed by atoms with Crippen molar-refractivity contribution in [3.8, 4) is 0 Å². The van der Waals surface area contributed by atoms with Crippen LogP contribution in [0, 0.1) is 0 Å². The van der Waals surface area contributed by atoms with Gasteiger partial charge in [0.15, 0.2) is 5.13 Å². The topological polar surface area (TPSA) is 31.4 Å². The minimum Gasteiger partial charge on any atom is -0.351 e. The molecule has 1 aromatic heterocycles. The van der Waals surface area contributed by atoms with Crippen molar-refractivity contribution in [3.05, 3.63) is 10.6 Å². The third-order valence-corrected chi connectivity index (χ3v) is 4.21. The van der Waals surface area contributed by atoms with Crippen LogP contribution in [0.15, 0.2) is 0 Å². The Morgan fingerprint density at radius 3 is 2.42 bits per heavy atom. The Hall–Kier alpha value is -0.650. The van der Waals surface area contributed by atoms with Gasteiger partial charge in [0.2, 0.25) is 0 Å². The molecular weight excluding hydrogens is 256 g/mol. The van der Waals surface area contributed by atoms with Gasteiger partial charge in [0.05, 0.1) is 5.69 Å². The summed E-state index contributed by atoms with van der Waals surface area (Å²) in [5.74, 6) is 0.489. The van der Waals surface area contributed by atoms with Crippen LogP contribution in [0.2, 0.25) is 0 Å². The summed E-state index contributed by atoms with van der Waals surface area (Å²) in [5, 5.41) is 4.38. The number of hydrogen-bond donors (Lipinski definition) is 1. The van der Waals surface area contributed by atoms with Crippen molar-refractivity contribution >= 4 is 16.5 Å². The van der Waals surface area contributed by atoms with E-state index < -0.39 is 0 Å². The van der Waals surface area contributed by atoms with E-state index in [2.05, 4.69) is 50.1 Å². The van der Waals surface area contributed by atoms with Gasteiger partial charge in [-0.25, -0.2) is 4.98 Å². The summed E-state index contributed by atoms with van der Waals surface area (Å²) in [6, 6.07) is 0. The van der Waals surface area contributed by atoms with Crippen molar-refractivity contribution in [3.63, 3.8) is 0 Å². The Labute approximate surface area is 121 Å². The van der Waals surface area contributed by atoms with E-state index >= 15 is 0 Å². The van der Waals surface area contributed by atoms with Crippen LogP contribution in [0.1, 0.15) is 36.8 Å².